The Labute approximate surface area is 159 Å². The number of fused-ring (bicyclic) bond motifs is 2. The van der Waals surface area contributed by atoms with E-state index in [1.54, 1.807) is 24.3 Å². The quantitative estimate of drug-likeness (QED) is 0.628. The van der Waals surface area contributed by atoms with Gasteiger partial charge in [0.05, 0.1) is 4.92 Å². The number of likely N-dealkylation sites (tertiary alicyclic amines) is 1. The van der Waals surface area contributed by atoms with Crippen molar-refractivity contribution in [1.82, 2.24) is 4.90 Å². The molecule has 0 aromatic heterocycles. The third kappa shape index (κ3) is 3.69. The normalized spacial score (nSPS) is 25.3. The molecule has 2 atom stereocenters. The van der Waals surface area contributed by atoms with Gasteiger partial charge < -0.3 is 5.11 Å². The number of rotatable bonds is 5. The lowest BCUT2D eigenvalue weighted by Crippen LogP contribution is -2.52. The van der Waals surface area contributed by atoms with E-state index >= 15 is 0 Å². The highest BCUT2D eigenvalue weighted by Gasteiger charge is 2.43. The number of hydrogen-bond donors (Lipinski definition) is 1. The van der Waals surface area contributed by atoms with E-state index in [1.807, 2.05) is 18.2 Å². The van der Waals surface area contributed by atoms with Crippen molar-refractivity contribution in [3.63, 3.8) is 0 Å². The highest BCUT2D eigenvalue weighted by molar-refractivity contribution is 5.35. The van der Waals surface area contributed by atoms with Gasteiger partial charge in [-0.3, -0.25) is 15.0 Å². The molecule has 1 heterocycles. The van der Waals surface area contributed by atoms with Gasteiger partial charge in [0, 0.05) is 24.7 Å². The molecule has 1 saturated heterocycles. The van der Waals surface area contributed by atoms with Gasteiger partial charge in [0.1, 0.15) is 5.75 Å². The molecule has 2 aromatic rings. The van der Waals surface area contributed by atoms with E-state index in [0.717, 1.165) is 37.9 Å². The van der Waals surface area contributed by atoms with Crippen LogP contribution in [0.5, 0.6) is 5.75 Å². The number of phenolic OH excluding ortho intramolecular Hbond substituents is 1. The third-order valence-electron chi connectivity index (χ3n) is 6.48. The predicted octanol–water partition coefficient (Wildman–Crippen LogP) is 4.43. The molecule has 2 bridgehead atoms. The summed E-state index contributed by atoms with van der Waals surface area (Å²) >= 11 is 0. The van der Waals surface area contributed by atoms with Gasteiger partial charge in [-0.25, -0.2) is 0 Å². The van der Waals surface area contributed by atoms with Crippen LogP contribution in [0.4, 0.5) is 5.69 Å². The van der Waals surface area contributed by atoms with Gasteiger partial charge in [0.15, 0.2) is 0 Å². The van der Waals surface area contributed by atoms with Crippen LogP contribution in [0, 0.1) is 10.1 Å². The summed E-state index contributed by atoms with van der Waals surface area (Å²) in [6.07, 6.45) is 6.74. The maximum atomic E-state index is 11.0. The van der Waals surface area contributed by atoms with Gasteiger partial charge in [-0.15, -0.1) is 0 Å². The molecule has 27 heavy (non-hydrogen) atoms. The third-order valence-corrected chi connectivity index (χ3v) is 6.48. The minimum atomic E-state index is -0.324. The number of nitrogens with zero attached hydrogens (tertiary/aromatic N) is 2. The first-order valence-corrected chi connectivity index (χ1v) is 9.83. The summed E-state index contributed by atoms with van der Waals surface area (Å²) in [6.45, 7) is 2.00. The first kappa shape index (κ1) is 18.0. The molecule has 1 N–H and O–H groups in total. The smallest absolute Gasteiger partial charge is 0.269 e. The average Bonchev–Trinajstić information content (AvgIpc) is 2.68. The summed E-state index contributed by atoms with van der Waals surface area (Å²) in [6, 6.07) is 15.4. The van der Waals surface area contributed by atoms with E-state index < -0.39 is 0 Å². The molecule has 0 unspecified atom stereocenters. The monoisotopic (exact) mass is 366 g/mol. The number of aromatic hydroxyl groups is 1. The Morgan fingerprint density at radius 2 is 2.04 bits per heavy atom. The maximum Gasteiger partial charge on any atom is 0.269 e. The van der Waals surface area contributed by atoms with Crippen molar-refractivity contribution >= 4 is 5.69 Å². The Bertz CT molecular complexity index is 838. The van der Waals surface area contributed by atoms with Gasteiger partial charge >= 0.3 is 0 Å². The van der Waals surface area contributed by atoms with Crippen molar-refractivity contribution in [3.05, 3.63) is 69.8 Å². The van der Waals surface area contributed by atoms with Crippen LogP contribution in [0.1, 0.15) is 43.2 Å². The molecule has 142 valence electrons. The fourth-order valence-corrected chi connectivity index (χ4v) is 5.05. The Morgan fingerprint density at radius 3 is 2.85 bits per heavy atom. The van der Waals surface area contributed by atoms with Crippen molar-refractivity contribution in [2.75, 3.05) is 13.1 Å². The minimum absolute atomic E-state index is 0.173. The van der Waals surface area contributed by atoms with E-state index in [4.69, 9.17) is 0 Å². The second-order valence-corrected chi connectivity index (χ2v) is 8.04. The van der Waals surface area contributed by atoms with Crippen LogP contribution in [0.15, 0.2) is 48.5 Å². The Kier molecular flexibility index (Phi) is 4.87. The fourth-order valence-electron chi connectivity index (χ4n) is 5.05. The lowest BCUT2D eigenvalue weighted by Gasteiger charge is -2.51. The van der Waals surface area contributed by atoms with Crippen LogP contribution in [0.2, 0.25) is 0 Å². The number of piperidine rings is 1. The fraction of sp³-hybridized carbons (Fsp3) is 0.455. The largest absolute Gasteiger partial charge is 0.508 e. The van der Waals surface area contributed by atoms with Crippen LogP contribution in [-0.2, 0) is 11.8 Å². The summed E-state index contributed by atoms with van der Waals surface area (Å²) in [5, 5.41) is 20.9. The number of non-ortho nitro benzene ring substituents is 1. The molecule has 1 aliphatic carbocycles. The van der Waals surface area contributed by atoms with Crippen molar-refractivity contribution in [2.45, 2.75) is 50.0 Å². The zero-order valence-electron chi connectivity index (χ0n) is 15.5. The second-order valence-electron chi connectivity index (χ2n) is 8.04. The highest BCUT2D eigenvalue weighted by Crippen LogP contribution is 2.47. The predicted molar refractivity (Wildman–Crippen MR) is 105 cm³/mol. The van der Waals surface area contributed by atoms with Crippen molar-refractivity contribution in [1.29, 1.82) is 0 Å². The van der Waals surface area contributed by atoms with E-state index in [9.17, 15) is 15.2 Å². The number of nitro benzene ring substituents is 1. The molecule has 0 spiro atoms. The zero-order chi connectivity index (χ0) is 18.9. The number of nitro groups is 1. The average molecular weight is 366 g/mol. The second kappa shape index (κ2) is 7.31. The molecule has 1 aliphatic heterocycles. The standard InChI is InChI=1S/C22H26N2O3/c25-21-8-2-5-18(15-21)22-10-3-7-20(16-22)23(13-11-22)12-9-17-4-1-6-19(14-17)24(26)27/h1-2,4-6,8,14-15,20,25H,3,7,9-13,16H2/t20-,22+/m1/s1. The van der Waals surface area contributed by atoms with E-state index in [1.165, 1.54) is 24.8 Å². The van der Waals surface area contributed by atoms with Crippen LogP contribution < -0.4 is 0 Å². The summed E-state index contributed by atoms with van der Waals surface area (Å²) in [5.41, 5.74) is 2.69. The van der Waals surface area contributed by atoms with Crippen LogP contribution in [-0.4, -0.2) is 34.1 Å². The summed E-state index contributed by atoms with van der Waals surface area (Å²) in [4.78, 5) is 13.2. The van der Waals surface area contributed by atoms with Crippen molar-refractivity contribution in [3.8, 4) is 5.75 Å². The SMILES string of the molecule is O=[N+]([O-])c1cccc(CCN2CC[C@@]3(c4cccc(O)c4)CCC[C@@H]2C3)c1. The number of phenols is 1. The Hall–Kier alpha value is -2.40. The summed E-state index contributed by atoms with van der Waals surface area (Å²) in [7, 11) is 0. The molecule has 2 aliphatic rings. The highest BCUT2D eigenvalue weighted by atomic mass is 16.6. The molecule has 1 saturated carbocycles. The molecule has 0 radical (unpaired) electrons. The van der Waals surface area contributed by atoms with Crippen molar-refractivity contribution < 1.29 is 10.0 Å². The first-order valence-electron chi connectivity index (χ1n) is 9.83. The van der Waals surface area contributed by atoms with Gasteiger partial charge in [-0.2, -0.15) is 0 Å². The molecule has 2 aromatic carbocycles. The summed E-state index contributed by atoms with van der Waals surface area (Å²) < 4.78 is 0. The number of benzene rings is 2. The topological polar surface area (TPSA) is 66.6 Å². The van der Waals surface area contributed by atoms with Crippen LogP contribution in [0.25, 0.3) is 0 Å². The molecule has 4 rings (SSSR count). The first-order chi connectivity index (χ1) is 13.1. The van der Waals surface area contributed by atoms with Gasteiger partial charge in [-0.05, 0) is 67.3 Å². The molecule has 5 heteroatoms. The maximum absolute atomic E-state index is 11.0. The zero-order valence-corrected chi connectivity index (χ0v) is 15.5. The lowest BCUT2D eigenvalue weighted by atomic mass is 9.63. The van der Waals surface area contributed by atoms with Crippen LogP contribution >= 0.6 is 0 Å². The van der Waals surface area contributed by atoms with E-state index in [0.29, 0.717) is 11.8 Å². The van der Waals surface area contributed by atoms with Gasteiger partial charge in [-0.1, -0.05) is 30.7 Å². The Morgan fingerprint density at radius 1 is 1.19 bits per heavy atom. The minimum Gasteiger partial charge on any atom is -0.508 e. The van der Waals surface area contributed by atoms with E-state index in [2.05, 4.69) is 11.0 Å². The molecular weight excluding hydrogens is 340 g/mol. The molecular formula is C22H26N2O3. The summed E-state index contributed by atoms with van der Waals surface area (Å²) in [5.74, 6) is 0.358. The molecule has 2 fully saturated rings. The molecule has 5 nitrogen and oxygen atoms in total. The van der Waals surface area contributed by atoms with Crippen LogP contribution in [0.3, 0.4) is 0 Å². The van der Waals surface area contributed by atoms with Gasteiger partial charge in [0.25, 0.3) is 5.69 Å². The van der Waals surface area contributed by atoms with E-state index in [-0.39, 0.29) is 16.0 Å². The lowest BCUT2D eigenvalue weighted by molar-refractivity contribution is -0.384. The number of hydrogen-bond acceptors (Lipinski definition) is 4. The molecule has 0 amide bonds. The van der Waals surface area contributed by atoms with Crippen molar-refractivity contribution in [2.24, 2.45) is 0 Å². The van der Waals surface area contributed by atoms with Gasteiger partial charge in [0.2, 0.25) is 0 Å². The Balaban J connectivity index is 1.44.